The monoisotopic (exact) mass is 402 g/mol. The van der Waals surface area contributed by atoms with Gasteiger partial charge in [-0.1, -0.05) is 24.3 Å². The second-order valence-corrected chi connectivity index (χ2v) is 7.37. The molecule has 30 heavy (non-hydrogen) atoms. The maximum Gasteiger partial charge on any atom is 0.289 e. The lowest BCUT2D eigenvalue weighted by Gasteiger charge is -2.17. The van der Waals surface area contributed by atoms with Crippen molar-refractivity contribution in [1.29, 1.82) is 0 Å². The highest BCUT2D eigenvalue weighted by molar-refractivity contribution is 6.07. The molecule has 0 bridgehead atoms. The molecule has 2 aromatic carbocycles. The van der Waals surface area contributed by atoms with Gasteiger partial charge >= 0.3 is 0 Å². The number of carbonyl (C=O) groups excluding carboxylic acids is 1. The molecule has 2 aromatic heterocycles. The predicted octanol–water partition coefficient (Wildman–Crippen LogP) is 3.91. The third-order valence-electron chi connectivity index (χ3n) is 5.42. The molecule has 1 amide bonds. The quantitative estimate of drug-likeness (QED) is 0.545. The normalized spacial score (nSPS) is 13.8. The zero-order valence-corrected chi connectivity index (χ0v) is 16.7. The second kappa shape index (κ2) is 7.67. The van der Waals surface area contributed by atoms with Crippen molar-refractivity contribution in [2.24, 2.45) is 0 Å². The molecule has 7 nitrogen and oxygen atoms in total. The highest BCUT2D eigenvalue weighted by Crippen LogP contribution is 2.34. The summed E-state index contributed by atoms with van der Waals surface area (Å²) in [6, 6.07) is 15.3. The van der Waals surface area contributed by atoms with Gasteiger partial charge in [0.15, 0.2) is 11.4 Å². The number of aromatic nitrogens is 2. The zero-order valence-electron chi connectivity index (χ0n) is 16.7. The van der Waals surface area contributed by atoms with E-state index in [0.717, 1.165) is 48.2 Å². The van der Waals surface area contributed by atoms with Crippen LogP contribution in [-0.4, -0.2) is 36.1 Å². The number of para-hydroxylation sites is 1. The van der Waals surface area contributed by atoms with E-state index in [1.165, 1.54) is 0 Å². The van der Waals surface area contributed by atoms with Crippen molar-refractivity contribution in [2.75, 3.05) is 25.1 Å². The number of furan rings is 1. The van der Waals surface area contributed by atoms with E-state index in [0.29, 0.717) is 23.5 Å². The summed E-state index contributed by atoms with van der Waals surface area (Å²) >= 11 is 0. The lowest BCUT2D eigenvalue weighted by atomic mass is 10.2. The first kappa shape index (κ1) is 18.4. The fourth-order valence-electron chi connectivity index (χ4n) is 3.83. The Hall–Kier alpha value is -3.61. The lowest BCUT2D eigenvalue weighted by Crippen LogP contribution is -2.27. The molecule has 7 heteroatoms. The van der Waals surface area contributed by atoms with E-state index in [1.54, 1.807) is 7.11 Å². The van der Waals surface area contributed by atoms with Crippen molar-refractivity contribution >= 4 is 33.8 Å². The maximum absolute atomic E-state index is 12.9. The number of benzene rings is 2. The SMILES string of the molecule is COc1ccc(CNC(=O)c2nc(N3CCCC3)c3oc4ccccc4c3n2)cc1. The van der Waals surface area contributed by atoms with E-state index in [4.69, 9.17) is 9.15 Å². The number of rotatable bonds is 5. The zero-order chi connectivity index (χ0) is 20.5. The number of amides is 1. The van der Waals surface area contributed by atoms with Gasteiger partial charge in [0.1, 0.15) is 16.8 Å². The van der Waals surface area contributed by atoms with Crippen LogP contribution in [-0.2, 0) is 6.54 Å². The van der Waals surface area contributed by atoms with Crippen molar-refractivity contribution in [2.45, 2.75) is 19.4 Å². The summed E-state index contributed by atoms with van der Waals surface area (Å²) in [5.41, 5.74) is 3.04. The number of carbonyl (C=O) groups is 1. The topological polar surface area (TPSA) is 80.5 Å². The minimum absolute atomic E-state index is 0.157. The molecule has 0 spiro atoms. The number of hydrogen-bond acceptors (Lipinski definition) is 6. The molecule has 0 atom stereocenters. The summed E-state index contributed by atoms with van der Waals surface area (Å²) in [6.07, 6.45) is 2.20. The fourth-order valence-corrected chi connectivity index (χ4v) is 3.83. The van der Waals surface area contributed by atoms with Crippen LogP contribution in [0.4, 0.5) is 5.82 Å². The van der Waals surface area contributed by atoms with Gasteiger partial charge in [-0.2, -0.15) is 0 Å². The molecule has 1 fully saturated rings. The summed E-state index contributed by atoms with van der Waals surface area (Å²) in [5.74, 6) is 1.33. The second-order valence-electron chi connectivity index (χ2n) is 7.37. The van der Waals surface area contributed by atoms with Crippen LogP contribution in [0.3, 0.4) is 0 Å². The molecular weight excluding hydrogens is 380 g/mol. The Morgan fingerprint density at radius 1 is 1.10 bits per heavy atom. The van der Waals surface area contributed by atoms with Crippen LogP contribution in [0.5, 0.6) is 5.75 Å². The Labute approximate surface area is 173 Å². The number of methoxy groups -OCH3 is 1. The molecular formula is C23H22N4O3. The highest BCUT2D eigenvalue weighted by Gasteiger charge is 2.24. The van der Waals surface area contributed by atoms with Crippen LogP contribution in [0, 0.1) is 0 Å². The van der Waals surface area contributed by atoms with Crippen molar-refractivity contribution in [3.63, 3.8) is 0 Å². The minimum Gasteiger partial charge on any atom is -0.497 e. The molecule has 3 heterocycles. The van der Waals surface area contributed by atoms with Gasteiger partial charge in [0.05, 0.1) is 7.11 Å². The van der Waals surface area contributed by atoms with Crippen molar-refractivity contribution in [3.8, 4) is 5.75 Å². The molecule has 5 rings (SSSR count). The summed E-state index contributed by atoms with van der Waals surface area (Å²) in [7, 11) is 1.63. The van der Waals surface area contributed by atoms with Gasteiger partial charge in [-0.05, 0) is 42.7 Å². The number of nitrogens with zero attached hydrogens (tertiary/aromatic N) is 3. The Balaban J connectivity index is 1.49. The van der Waals surface area contributed by atoms with Crippen LogP contribution in [0.1, 0.15) is 29.0 Å². The van der Waals surface area contributed by atoms with Gasteiger partial charge in [0.2, 0.25) is 5.82 Å². The summed E-state index contributed by atoms with van der Waals surface area (Å²) in [5, 5.41) is 3.81. The molecule has 1 aliphatic heterocycles. The first-order valence-electron chi connectivity index (χ1n) is 10.1. The Morgan fingerprint density at radius 3 is 2.63 bits per heavy atom. The molecule has 152 valence electrons. The summed E-state index contributed by atoms with van der Waals surface area (Å²) < 4.78 is 11.2. The fraction of sp³-hybridized carbons (Fsp3) is 0.261. The maximum atomic E-state index is 12.9. The van der Waals surface area contributed by atoms with Crippen LogP contribution in [0.15, 0.2) is 52.9 Å². The third kappa shape index (κ3) is 3.32. The molecule has 0 unspecified atom stereocenters. The molecule has 0 aliphatic carbocycles. The Morgan fingerprint density at radius 2 is 1.87 bits per heavy atom. The van der Waals surface area contributed by atoms with Gasteiger partial charge < -0.3 is 19.4 Å². The summed E-state index contributed by atoms with van der Waals surface area (Å²) in [4.78, 5) is 24.3. The summed E-state index contributed by atoms with van der Waals surface area (Å²) in [6.45, 7) is 2.18. The van der Waals surface area contributed by atoms with E-state index >= 15 is 0 Å². The lowest BCUT2D eigenvalue weighted by molar-refractivity contribution is 0.0941. The average Bonchev–Trinajstić information content (AvgIpc) is 3.45. The Kier molecular flexibility index (Phi) is 4.71. The van der Waals surface area contributed by atoms with Crippen molar-refractivity contribution < 1.29 is 13.9 Å². The predicted molar refractivity (Wildman–Crippen MR) is 115 cm³/mol. The molecule has 0 saturated carbocycles. The molecule has 1 aliphatic rings. The van der Waals surface area contributed by atoms with Crippen molar-refractivity contribution in [3.05, 3.63) is 59.9 Å². The molecule has 4 aromatic rings. The number of nitrogens with one attached hydrogen (secondary N) is 1. The average molecular weight is 402 g/mol. The third-order valence-corrected chi connectivity index (χ3v) is 5.42. The van der Waals surface area contributed by atoms with Gasteiger partial charge in [-0.15, -0.1) is 0 Å². The first-order chi connectivity index (χ1) is 14.7. The number of hydrogen-bond donors (Lipinski definition) is 1. The van der Waals surface area contributed by atoms with Gasteiger partial charge in [-0.3, -0.25) is 4.79 Å². The molecule has 1 saturated heterocycles. The van der Waals surface area contributed by atoms with Crippen LogP contribution >= 0.6 is 0 Å². The van der Waals surface area contributed by atoms with Gasteiger partial charge in [0, 0.05) is 25.0 Å². The van der Waals surface area contributed by atoms with E-state index in [1.807, 2.05) is 48.5 Å². The number of fused-ring (bicyclic) bond motifs is 3. The smallest absolute Gasteiger partial charge is 0.289 e. The van der Waals surface area contributed by atoms with Crippen molar-refractivity contribution in [1.82, 2.24) is 15.3 Å². The van der Waals surface area contributed by atoms with E-state index in [-0.39, 0.29) is 11.7 Å². The highest BCUT2D eigenvalue weighted by atomic mass is 16.5. The van der Waals surface area contributed by atoms with Crippen LogP contribution < -0.4 is 15.0 Å². The number of anilines is 1. The van der Waals surface area contributed by atoms with Crippen LogP contribution in [0.2, 0.25) is 0 Å². The van der Waals surface area contributed by atoms with Gasteiger partial charge in [0.25, 0.3) is 5.91 Å². The number of ether oxygens (including phenoxy) is 1. The van der Waals surface area contributed by atoms with E-state index < -0.39 is 0 Å². The molecule has 0 radical (unpaired) electrons. The minimum atomic E-state index is -0.307. The van der Waals surface area contributed by atoms with Gasteiger partial charge in [-0.25, -0.2) is 9.97 Å². The first-order valence-corrected chi connectivity index (χ1v) is 10.1. The Bertz CT molecular complexity index is 1210. The van der Waals surface area contributed by atoms with E-state index in [2.05, 4.69) is 20.2 Å². The molecule has 1 N–H and O–H groups in total. The standard InChI is InChI=1S/C23H22N4O3/c1-29-16-10-8-15(9-11-16)14-24-23(28)21-25-19-17-6-2-3-7-18(17)30-20(19)22(26-21)27-12-4-5-13-27/h2-3,6-11H,4-5,12-14H2,1H3,(H,24,28). The van der Waals surface area contributed by atoms with Crippen LogP contribution in [0.25, 0.3) is 22.1 Å². The largest absolute Gasteiger partial charge is 0.497 e. The van der Waals surface area contributed by atoms with E-state index in [9.17, 15) is 4.79 Å².